The van der Waals surface area contributed by atoms with Gasteiger partial charge in [0.1, 0.15) is 18.9 Å². The molecule has 22 heavy (non-hydrogen) atoms. The molecule has 0 radical (unpaired) electrons. The Morgan fingerprint density at radius 2 is 2.23 bits per heavy atom. The Morgan fingerprint density at radius 1 is 1.55 bits per heavy atom. The van der Waals surface area contributed by atoms with Crippen molar-refractivity contribution in [3.8, 4) is 11.8 Å². The molecule has 120 valence electrons. The van der Waals surface area contributed by atoms with Crippen molar-refractivity contribution in [1.82, 2.24) is 9.55 Å². The summed E-state index contributed by atoms with van der Waals surface area (Å²) >= 11 is 6.14. The summed E-state index contributed by atoms with van der Waals surface area (Å²) in [5.41, 5.74) is -2.30. The fraction of sp³-hybridized carbons (Fsp3) is 0.500. The summed E-state index contributed by atoms with van der Waals surface area (Å²) in [6.45, 7) is -1.74. The lowest BCUT2D eigenvalue weighted by Gasteiger charge is -2.25. The standard InChI is InChI=1S/C12H11ClF2N2O5/c13-12(2-1-3-14)8(19)7(5-18)22-10(12)17-4-6(15)9(20)16-11(17)21/h4,7-8,10,18-19H,3,5H2,(H,16,20,21)/t7-,8+,10-,12?/m1/s1. The average Bonchev–Trinajstić information content (AvgIpc) is 2.73. The number of H-pyrrole nitrogens is 1. The van der Waals surface area contributed by atoms with Crippen molar-refractivity contribution in [2.75, 3.05) is 13.3 Å². The van der Waals surface area contributed by atoms with Crippen molar-refractivity contribution in [2.45, 2.75) is 23.3 Å². The number of aromatic amines is 1. The second-order valence-corrected chi connectivity index (χ2v) is 5.13. The van der Waals surface area contributed by atoms with Gasteiger partial charge in [0.05, 0.1) is 12.8 Å². The predicted octanol–water partition coefficient (Wildman–Crippen LogP) is -1.12. The van der Waals surface area contributed by atoms with Gasteiger partial charge in [0.2, 0.25) is 5.82 Å². The van der Waals surface area contributed by atoms with Crippen molar-refractivity contribution in [1.29, 1.82) is 0 Å². The van der Waals surface area contributed by atoms with Gasteiger partial charge in [0, 0.05) is 0 Å². The van der Waals surface area contributed by atoms with E-state index >= 15 is 0 Å². The van der Waals surface area contributed by atoms with Crippen LogP contribution >= 0.6 is 11.6 Å². The van der Waals surface area contributed by atoms with E-state index in [0.717, 1.165) is 0 Å². The molecule has 0 saturated carbocycles. The molecule has 2 rings (SSSR count). The van der Waals surface area contributed by atoms with E-state index in [1.807, 2.05) is 5.92 Å². The number of ether oxygens (including phenoxy) is 1. The monoisotopic (exact) mass is 336 g/mol. The van der Waals surface area contributed by atoms with E-state index < -0.39 is 53.7 Å². The summed E-state index contributed by atoms with van der Waals surface area (Å²) < 4.78 is 31.4. The highest BCUT2D eigenvalue weighted by Gasteiger charge is 2.55. The summed E-state index contributed by atoms with van der Waals surface area (Å²) in [5, 5.41) is 19.2. The highest BCUT2D eigenvalue weighted by atomic mass is 35.5. The smallest absolute Gasteiger partial charge is 0.330 e. The highest BCUT2D eigenvalue weighted by Crippen LogP contribution is 2.42. The molecule has 1 aromatic rings. The summed E-state index contributed by atoms with van der Waals surface area (Å²) in [6, 6.07) is 0. The van der Waals surface area contributed by atoms with Crippen molar-refractivity contribution in [2.24, 2.45) is 0 Å². The largest absolute Gasteiger partial charge is 0.394 e. The van der Waals surface area contributed by atoms with Crippen LogP contribution in [0.3, 0.4) is 0 Å². The molecule has 3 N–H and O–H groups in total. The number of alkyl halides is 2. The summed E-state index contributed by atoms with van der Waals surface area (Å²) in [7, 11) is 0. The van der Waals surface area contributed by atoms with Crippen LogP contribution in [-0.2, 0) is 4.74 Å². The molecule has 0 amide bonds. The van der Waals surface area contributed by atoms with Gasteiger partial charge in [-0.25, -0.2) is 9.18 Å². The van der Waals surface area contributed by atoms with Gasteiger partial charge in [0.25, 0.3) is 5.56 Å². The van der Waals surface area contributed by atoms with Gasteiger partial charge in [-0.3, -0.25) is 14.3 Å². The SMILES string of the molecule is O=c1[nH]c(=O)n([C@@H]2O[C@H](CO)[C@H](O)C2(Cl)C#CCF)cc1F. The van der Waals surface area contributed by atoms with Gasteiger partial charge in [-0.1, -0.05) is 23.4 Å². The fourth-order valence-corrected chi connectivity index (χ4v) is 2.47. The molecule has 1 aliphatic rings. The van der Waals surface area contributed by atoms with Crippen LogP contribution in [0.25, 0.3) is 0 Å². The topological polar surface area (TPSA) is 105 Å². The van der Waals surface area contributed by atoms with Gasteiger partial charge in [-0.15, -0.1) is 0 Å². The molecule has 1 unspecified atom stereocenters. The Hall–Kier alpha value is -1.73. The molecule has 10 heteroatoms. The molecule has 1 saturated heterocycles. The van der Waals surface area contributed by atoms with Crippen molar-refractivity contribution in [3.63, 3.8) is 0 Å². The molecule has 7 nitrogen and oxygen atoms in total. The first-order valence-electron chi connectivity index (χ1n) is 6.05. The van der Waals surface area contributed by atoms with Gasteiger partial charge in [-0.2, -0.15) is 4.39 Å². The summed E-state index contributed by atoms with van der Waals surface area (Å²) in [5.74, 6) is 2.92. The molecule has 0 aromatic carbocycles. The number of nitrogens with one attached hydrogen (secondary N) is 1. The first-order chi connectivity index (χ1) is 10.3. The number of hydrogen-bond acceptors (Lipinski definition) is 5. The zero-order valence-electron chi connectivity index (χ0n) is 10.9. The van der Waals surface area contributed by atoms with Crippen LogP contribution in [0.15, 0.2) is 15.8 Å². The average molecular weight is 337 g/mol. The van der Waals surface area contributed by atoms with E-state index in [0.29, 0.717) is 10.8 Å². The number of halogens is 3. The zero-order valence-corrected chi connectivity index (χ0v) is 11.7. The van der Waals surface area contributed by atoms with Gasteiger partial charge < -0.3 is 14.9 Å². The van der Waals surface area contributed by atoms with Crippen LogP contribution in [-0.4, -0.2) is 50.1 Å². The minimum atomic E-state index is -2.01. The third-order valence-electron chi connectivity index (χ3n) is 3.15. The molecule has 4 atom stereocenters. The van der Waals surface area contributed by atoms with Crippen LogP contribution in [0.2, 0.25) is 0 Å². The van der Waals surface area contributed by atoms with Crippen LogP contribution in [0.5, 0.6) is 0 Å². The zero-order chi connectivity index (χ0) is 16.5. The van der Waals surface area contributed by atoms with Gasteiger partial charge in [-0.05, 0) is 0 Å². The van der Waals surface area contributed by atoms with Crippen molar-refractivity contribution < 1.29 is 23.7 Å². The number of hydrogen-bond donors (Lipinski definition) is 3. The van der Waals surface area contributed by atoms with E-state index in [1.54, 1.807) is 4.98 Å². The summed E-state index contributed by atoms with van der Waals surface area (Å²) in [6.07, 6.45) is -3.81. The molecular formula is C12H11ClF2N2O5. The Morgan fingerprint density at radius 3 is 2.82 bits per heavy atom. The maximum atomic E-state index is 13.4. The second-order valence-electron chi connectivity index (χ2n) is 4.50. The lowest BCUT2D eigenvalue weighted by Crippen LogP contribution is -2.44. The lowest BCUT2D eigenvalue weighted by atomic mass is 9.99. The summed E-state index contributed by atoms with van der Waals surface area (Å²) in [4.78, 5) is 22.5. The van der Waals surface area contributed by atoms with Crippen LogP contribution < -0.4 is 11.2 Å². The van der Waals surface area contributed by atoms with E-state index in [4.69, 9.17) is 21.4 Å². The van der Waals surface area contributed by atoms with E-state index in [-0.39, 0.29) is 0 Å². The molecule has 0 aliphatic carbocycles. The maximum Gasteiger partial charge on any atom is 0.330 e. The van der Waals surface area contributed by atoms with Crippen LogP contribution in [0.1, 0.15) is 6.23 Å². The Balaban J connectivity index is 2.59. The van der Waals surface area contributed by atoms with Crippen molar-refractivity contribution >= 4 is 11.6 Å². The quantitative estimate of drug-likeness (QED) is 0.468. The minimum absolute atomic E-state index is 0.534. The molecular weight excluding hydrogens is 326 g/mol. The molecule has 0 bridgehead atoms. The lowest BCUT2D eigenvalue weighted by molar-refractivity contribution is -0.0467. The van der Waals surface area contributed by atoms with E-state index in [2.05, 4.69) is 5.92 Å². The number of rotatable bonds is 2. The number of aromatic nitrogens is 2. The second kappa shape index (κ2) is 6.18. The number of nitrogens with zero attached hydrogens (tertiary/aromatic N) is 1. The third kappa shape index (κ3) is 2.66. The molecule has 1 fully saturated rings. The third-order valence-corrected chi connectivity index (χ3v) is 3.65. The van der Waals surface area contributed by atoms with Crippen molar-refractivity contribution in [3.05, 3.63) is 32.9 Å². The normalized spacial score (nSPS) is 30.9. The first-order valence-corrected chi connectivity index (χ1v) is 6.43. The highest BCUT2D eigenvalue weighted by molar-refractivity contribution is 6.27. The van der Waals surface area contributed by atoms with Crippen LogP contribution in [0.4, 0.5) is 8.78 Å². The fourth-order valence-electron chi connectivity index (χ4n) is 2.11. The Bertz CT molecular complexity index is 740. The predicted molar refractivity (Wildman–Crippen MR) is 70.6 cm³/mol. The molecule has 1 aliphatic heterocycles. The Kier molecular flexibility index (Phi) is 4.67. The van der Waals surface area contributed by atoms with Gasteiger partial charge >= 0.3 is 5.69 Å². The molecule has 0 spiro atoms. The van der Waals surface area contributed by atoms with Crippen LogP contribution in [0, 0.1) is 17.7 Å². The molecule has 1 aromatic heterocycles. The first kappa shape index (κ1) is 16.6. The molecule has 2 heterocycles. The number of aliphatic hydroxyl groups excluding tert-OH is 2. The number of aliphatic hydroxyl groups is 2. The Labute approximate surface area is 127 Å². The van der Waals surface area contributed by atoms with Gasteiger partial charge in [0.15, 0.2) is 11.1 Å². The minimum Gasteiger partial charge on any atom is -0.394 e. The maximum absolute atomic E-state index is 13.4. The van der Waals surface area contributed by atoms with E-state index in [9.17, 15) is 23.5 Å². The van der Waals surface area contributed by atoms with E-state index in [1.165, 1.54) is 0 Å².